The number of aromatic nitrogens is 3. The van der Waals surface area contributed by atoms with Gasteiger partial charge in [0.25, 0.3) is 0 Å². The van der Waals surface area contributed by atoms with E-state index in [1.807, 2.05) is 25.1 Å². The quantitative estimate of drug-likeness (QED) is 0.626. The van der Waals surface area contributed by atoms with Gasteiger partial charge in [0.1, 0.15) is 16.6 Å². The molecule has 0 atom stereocenters. The standard InChI is InChI=1S/C15H14ClN3/c1-9-10(2)19(12-7-5-4-6-8-12)15-13(9)14(16)17-11(3)18-15/h4-8H,1-3H3. The van der Waals surface area contributed by atoms with Crippen LogP contribution in [0.1, 0.15) is 17.1 Å². The van der Waals surface area contributed by atoms with Crippen molar-refractivity contribution < 1.29 is 0 Å². The largest absolute Gasteiger partial charge is 0.298 e. The van der Waals surface area contributed by atoms with Crippen LogP contribution in [-0.4, -0.2) is 14.5 Å². The molecule has 96 valence electrons. The van der Waals surface area contributed by atoms with Crippen LogP contribution in [0.5, 0.6) is 0 Å². The van der Waals surface area contributed by atoms with Crippen LogP contribution in [0.4, 0.5) is 0 Å². The molecule has 0 saturated carbocycles. The van der Waals surface area contributed by atoms with E-state index in [0.29, 0.717) is 11.0 Å². The summed E-state index contributed by atoms with van der Waals surface area (Å²) in [5, 5.41) is 1.46. The normalized spacial score (nSPS) is 11.2. The minimum Gasteiger partial charge on any atom is -0.298 e. The number of hydrogen-bond donors (Lipinski definition) is 0. The van der Waals surface area contributed by atoms with Crippen molar-refractivity contribution in [3.05, 3.63) is 52.6 Å². The molecule has 0 aliphatic heterocycles. The minimum atomic E-state index is 0.526. The Bertz CT molecular complexity index is 760. The third-order valence-electron chi connectivity index (χ3n) is 3.44. The van der Waals surface area contributed by atoms with Gasteiger partial charge < -0.3 is 0 Å². The van der Waals surface area contributed by atoms with Crippen LogP contribution in [0.3, 0.4) is 0 Å². The molecule has 0 bridgehead atoms. The Morgan fingerprint density at radius 1 is 1.00 bits per heavy atom. The summed E-state index contributed by atoms with van der Waals surface area (Å²) in [6.07, 6.45) is 0. The van der Waals surface area contributed by atoms with Crippen LogP contribution in [-0.2, 0) is 0 Å². The van der Waals surface area contributed by atoms with Gasteiger partial charge in [-0.2, -0.15) is 0 Å². The zero-order valence-electron chi connectivity index (χ0n) is 11.1. The molecule has 0 N–H and O–H groups in total. The maximum atomic E-state index is 6.28. The number of hydrogen-bond acceptors (Lipinski definition) is 2. The Morgan fingerprint density at radius 3 is 2.37 bits per heavy atom. The van der Waals surface area contributed by atoms with E-state index in [2.05, 4.69) is 40.5 Å². The molecule has 2 aromatic heterocycles. The summed E-state index contributed by atoms with van der Waals surface area (Å²) < 4.78 is 2.13. The zero-order valence-corrected chi connectivity index (χ0v) is 11.9. The highest BCUT2D eigenvalue weighted by molar-refractivity contribution is 6.34. The van der Waals surface area contributed by atoms with Gasteiger partial charge in [-0.05, 0) is 38.5 Å². The van der Waals surface area contributed by atoms with E-state index in [9.17, 15) is 0 Å². The molecular weight excluding hydrogens is 258 g/mol. The fraction of sp³-hybridized carbons (Fsp3) is 0.200. The average Bonchev–Trinajstić information content (AvgIpc) is 2.63. The number of aryl methyl sites for hydroxylation is 2. The number of halogens is 1. The Hall–Kier alpha value is -1.87. The highest BCUT2D eigenvalue weighted by atomic mass is 35.5. The number of para-hydroxylation sites is 1. The summed E-state index contributed by atoms with van der Waals surface area (Å²) in [7, 11) is 0. The van der Waals surface area contributed by atoms with Crippen LogP contribution in [0.25, 0.3) is 16.7 Å². The predicted molar refractivity (Wildman–Crippen MR) is 78.1 cm³/mol. The van der Waals surface area contributed by atoms with Gasteiger partial charge in [0.2, 0.25) is 0 Å². The molecule has 0 unspecified atom stereocenters. The van der Waals surface area contributed by atoms with E-state index < -0.39 is 0 Å². The molecule has 0 amide bonds. The molecule has 3 nitrogen and oxygen atoms in total. The van der Waals surface area contributed by atoms with Crippen LogP contribution in [0, 0.1) is 20.8 Å². The molecule has 1 aromatic carbocycles. The molecule has 0 saturated heterocycles. The molecule has 0 fully saturated rings. The van der Waals surface area contributed by atoms with Crippen molar-refractivity contribution in [2.45, 2.75) is 20.8 Å². The third kappa shape index (κ3) is 1.81. The molecular formula is C15H14ClN3. The lowest BCUT2D eigenvalue weighted by molar-refractivity contribution is 0.994. The summed E-state index contributed by atoms with van der Waals surface area (Å²) in [6.45, 7) is 6.00. The number of benzene rings is 1. The second-order valence-electron chi connectivity index (χ2n) is 4.64. The summed E-state index contributed by atoms with van der Waals surface area (Å²) in [5.41, 5.74) is 4.23. The molecule has 0 aliphatic carbocycles. The van der Waals surface area contributed by atoms with Gasteiger partial charge >= 0.3 is 0 Å². The second kappa shape index (κ2) is 4.35. The van der Waals surface area contributed by atoms with Gasteiger partial charge in [-0.3, -0.25) is 4.57 Å². The van der Waals surface area contributed by atoms with Gasteiger partial charge in [0.05, 0.1) is 5.39 Å². The average molecular weight is 272 g/mol. The molecule has 0 radical (unpaired) electrons. The lowest BCUT2D eigenvalue weighted by atomic mass is 10.2. The first-order valence-electron chi connectivity index (χ1n) is 6.16. The van der Waals surface area contributed by atoms with Crippen LogP contribution in [0.15, 0.2) is 30.3 Å². The molecule has 3 aromatic rings. The van der Waals surface area contributed by atoms with E-state index in [1.54, 1.807) is 0 Å². The SMILES string of the molecule is Cc1nc(Cl)c2c(C)c(C)n(-c3ccccc3)c2n1. The number of nitrogens with zero attached hydrogens (tertiary/aromatic N) is 3. The zero-order chi connectivity index (χ0) is 13.6. The molecule has 19 heavy (non-hydrogen) atoms. The Balaban J connectivity index is 2.46. The summed E-state index contributed by atoms with van der Waals surface area (Å²) in [6, 6.07) is 10.2. The highest BCUT2D eigenvalue weighted by Crippen LogP contribution is 2.31. The molecule has 4 heteroatoms. The lowest BCUT2D eigenvalue weighted by Crippen LogP contribution is -1.99. The van der Waals surface area contributed by atoms with Crippen molar-refractivity contribution >= 4 is 22.6 Å². The summed E-state index contributed by atoms with van der Waals surface area (Å²) in [5.74, 6) is 0.687. The Kier molecular flexibility index (Phi) is 2.79. The summed E-state index contributed by atoms with van der Waals surface area (Å²) in [4.78, 5) is 8.81. The van der Waals surface area contributed by atoms with Crippen molar-refractivity contribution in [1.29, 1.82) is 0 Å². The smallest absolute Gasteiger partial charge is 0.150 e. The summed E-state index contributed by atoms with van der Waals surface area (Å²) >= 11 is 6.28. The van der Waals surface area contributed by atoms with Gasteiger partial charge in [-0.15, -0.1) is 0 Å². The minimum absolute atomic E-state index is 0.526. The van der Waals surface area contributed by atoms with Gasteiger partial charge in [0, 0.05) is 11.4 Å². The Morgan fingerprint density at radius 2 is 1.68 bits per heavy atom. The third-order valence-corrected chi connectivity index (χ3v) is 3.71. The van der Waals surface area contributed by atoms with E-state index in [-0.39, 0.29) is 0 Å². The van der Waals surface area contributed by atoms with E-state index >= 15 is 0 Å². The second-order valence-corrected chi connectivity index (χ2v) is 5.00. The van der Waals surface area contributed by atoms with Crippen molar-refractivity contribution in [3.63, 3.8) is 0 Å². The van der Waals surface area contributed by atoms with Gasteiger partial charge in [-0.25, -0.2) is 9.97 Å². The van der Waals surface area contributed by atoms with Gasteiger partial charge in [-0.1, -0.05) is 29.8 Å². The molecule has 0 spiro atoms. The molecule has 3 rings (SSSR count). The first-order chi connectivity index (χ1) is 9.09. The van der Waals surface area contributed by atoms with Crippen LogP contribution < -0.4 is 0 Å². The van der Waals surface area contributed by atoms with Crippen molar-refractivity contribution in [1.82, 2.24) is 14.5 Å². The topological polar surface area (TPSA) is 30.7 Å². The van der Waals surface area contributed by atoms with Crippen molar-refractivity contribution in [2.24, 2.45) is 0 Å². The predicted octanol–water partition coefficient (Wildman–Crippen LogP) is 4.00. The maximum absolute atomic E-state index is 6.28. The molecule has 0 aliphatic rings. The van der Waals surface area contributed by atoms with Crippen LogP contribution in [0.2, 0.25) is 5.15 Å². The highest BCUT2D eigenvalue weighted by Gasteiger charge is 2.17. The van der Waals surface area contributed by atoms with Gasteiger partial charge in [0.15, 0.2) is 0 Å². The molecule has 2 heterocycles. The van der Waals surface area contributed by atoms with Crippen molar-refractivity contribution in [2.75, 3.05) is 0 Å². The van der Waals surface area contributed by atoms with Crippen molar-refractivity contribution in [3.8, 4) is 5.69 Å². The maximum Gasteiger partial charge on any atom is 0.150 e. The Labute approximate surface area is 116 Å². The first-order valence-corrected chi connectivity index (χ1v) is 6.54. The van der Waals surface area contributed by atoms with E-state index in [4.69, 9.17) is 11.6 Å². The first kappa shape index (κ1) is 12.2. The van der Waals surface area contributed by atoms with E-state index in [0.717, 1.165) is 28.0 Å². The lowest BCUT2D eigenvalue weighted by Gasteiger charge is -2.07. The van der Waals surface area contributed by atoms with Crippen LogP contribution >= 0.6 is 11.6 Å². The fourth-order valence-corrected chi connectivity index (χ4v) is 2.76. The monoisotopic (exact) mass is 271 g/mol. The van der Waals surface area contributed by atoms with E-state index in [1.165, 1.54) is 0 Å². The fourth-order valence-electron chi connectivity index (χ4n) is 2.41. The number of fused-ring (bicyclic) bond motifs is 1. The number of rotatable bonds is 1.